The van der Waals surface area contributed by atoms with E-state index < -0.39 is 0 Å². The quantitative estimate of drug-likeness (QED) is 0.432. The van der Waals surface area contributed by atoms with Crippen LogP contribution in [-0.4, -0.2) is 7.28 Å². The number of rotatable bonds is 2. The Bertz CT molecular complexity index is 200. The van der Waals surface area contributed by atoms with E-state index in [4.69, 9.17) is 0 Å². The van der Waals surface area contributed by atoms with E-state index >= 15 is 0 Å². The summed E-state index contributed by atoms with van der Waals surface area (Å²) < 4.78 is 0. The highest BCUT2D eigenvalue weighted by Crippen LogP contribution is 2.26. The monoisotopic (exact) mass is 164 g/mol. The molecule has 68 valence electrons. The molecule has 0 amide bonds. The first-order valence-electron chi connectivity index (χ1n) is 4.56. The lowest BCUT2D eigenvalue weighted by molar-refractivity contribution is 0.756. The van der Waals surface area contributed by atoms with Crippen molar-refractivity contribution in [3.63, 3.8) is 0 Å². The molecule has 0 heterocycles. The maximum Gasteiger partial charge on any atom is 0.162 e. The summed E-state index contributed by atoms with van der Waals surface area (Å²) in [4.78, 5) is 0. The van der Waals surface area contributed by atoms with Crippen LogP contribution >= 0.6 is 0 Å². The van der Waals surface area contributed by atoms with E-state index in [1.807, 2.05) is 0 Å². The van der Waals surface area contributed by atoms with Crippen molar-refractivity contribution in [1.29, 1.82) is 0 Å². The molecule has 0 aliphatic rings. The lowest BCUT2D eigenvalue weighted by Gasteiger charge is -2.19. The Morgan fingerprint density at radius 2 is 1.50 bits per heavy atom. The maximum absolute atomic E-state index is 4.10. The SMILES string of the molecule is C=C(BC(C)(C)C)C(C)=C(C)C. The molecular weight excluding hydrogens is 143 g/mol. The van der Waals surface area contributed by atoms with Gasteiger partial charge < -0.3 is 0 Å². The van der Waals surface area contributed by atoms with E-state index in [1.165, 1.54) is 16.6 Å². The van der Waals surface area contributed by atoms with Crippen LogP contribution in [0.3, 0.4) is 0 Å². The molecule has 0 rings (SSSR count). The zero-order valence-electron chi connectivity index (χ0n) is 9.41. The van der Waals surface area contributed by atoms with Gasteiger partial charge in [-0.1, -0.05) is 42.7 Å². The fraction of sp³-hybridized carbons (Fsp3) is 0.636. The molecular formula is C11H21B. The molecule has 0 bridgehead atoms. The van der Waals surface area contributed by atoms with Crippen LogP contribution in [0, 0.1) is 0 Å². The van der Waals surface area contributed by atoms with Gasteiger partial charge in [-0.15, -0.1) is 6.58 Å². The third kappa shape index (κ3) is 4.43. The molecule has 0 saturated heterocycles. The molecule has 0 spiro atoms. The average Bonchev–Trinajstić information content (AvgIpc) is 1.82. The summed E-state index contributed by atoms with van der Waals surface area (Å²) >= 11 is 0. The van der Waals surface area contributed by atoms with E-state index in [2.05, 4.69) is 48.1 Å². The van der Waals surface area contributed by atoms with Crippen LogP contribution in [0.25, 0.3) is 0 Å². The first kappa shape index (κ1) is 11.5. The molecule has 0 unspecified atom stereocenters. The molecule has 0 nitrogen and oxygen atoms in total. The second kappa shape index (κ2) is 3.98. The molecule has 0 N–H and O–H groups in total. The van der Waals surface area contributed by atoms with E-state index in [9.17, 15) is 0 Å². The van der Waals surface area contributed by atoms with Gasteiger partial charge in [-0.25, -0.2) is 0 Å². The molecule has 0 saturated carbocycles. The van der Waals surface area contributed by atoms with Gasteiger partial charge in [0.25, 0.3) is 0 Å². The van der Waals surface area contributed by atoms with Crippen molar-refractivity contribution >= 4 is 7.28 Å². The van der Waals surface area contributed by atoms with Gasteiger partial charge in [0.05, 0.1) is 0 Å². The second-order valence-electron chi connectivity index (χ2n) is 4.97. The van der Waals surface area contributed by atoms with Gasteiger partial charge >= 0.3 is 0 Å². The summed E-state index contributed by atoms with van der Waals surface area (Å²) in [5, 5.41) is 0.355. The van der Waals surface area contributed by atoms with Crippen molar-refractivity contribution < 1.29 is 0 Å². The number of hydrogen-bond acceptors (Lipinski definition) is 0. The van der Waals surface area contributed by atoms with Gasteiger partial charge in [0.2, 0.25) is 0 Å². The van der Waals surface area contributed by atoms with E-state index in [0.717, 1.165) is 7.28 Å². The normalized spacial score (nSPS) is 10.8. The summed E-state index contributed by atoms with van der Waals surface area (Å²) in [6, 6.07) is 0. The first-order chi connectivity index (χ1) is 5.24. The largest absolute Gasteiger partial charge is 0.162 e. The van der Waals surface area contributed by atoms with Gasteiger partial charge in [-0.2, -0.15) is 0 Å². The fourth-order valence-corrected chi connectivity index (χ4v) is 1.13. The van der Waals surface area contributed by atoms with Gasteiger partial charge in [0.1, 0.15) is 0 Å². The Morgan fingerprint density at radius 1 is 1.08 bits per heavy atom. The van der Waals surface area contributed by atoms with Gasteiger partial charge in [-0.3, -0.25) is 0 Å². The highest BCUT2D eigenvalue weighted by atomic mass is 14.0. The van der Waals surface area contributed by atoms with Crippen LogP contribution in [0.1, 0.15) is 41.5 Å². The topological polar surface area (TPSA) is 0 Å². The standard InChI is InChI=1S/C11H21B/c1-8(2)9(3)10(4)12-11(5,6)7/h12H,4H2,1-3,5-7H3. The Kier molecular flexibility index (Phi) is 3.82. The van der Waals surface area contributed by atoms with Gasteiger partial charge in [0, 0.05) is 0 Å². The van der Waals surface area contributed by atoms with Crippen molar-refractivity contribution in [1.82, 2.24) is 0 Å². The van der Waals surface area contributed by atoms with Crippen molar-refractivity contribution in [2.45, 2.75) is 46.9 Å². The Hall–Kier alpha value is -0.455. The zero-order chi connectivity index (χ0) is 9.94. The lowest BCUT2D eigenvalue weighted by atomic mass is 9.49. The third-order valence-corrected chi connectivity index (χ3v) is 2.02. The minimum absolute atomic E-state index is 0.355. The smallest absolute Gasteiger partial charge is 0.105 e. The molecule has 12 heavy (non-hydrogen) atoms. The minimum Gasteiger partial charge on any atom is -0.105 e. The molecule has 0 atom stereocenters. The predicted molar refractivity (Wildman–Crippen MR) is 60.1 cm³/mol. The molecule has 0 aromatic carbocycles. The molecule has 0 fully saturated rings. The highest BCUT2D eigenvalue weighted by molar-refractivity contribution is 6.50. The van der Waals surface area contributed by atoms with Crippen LogP contribution in [0.2, 0.25) is 5.31 Å². The minimum atomic E-state index is 0.355. The second-order valence-corrected chi connectivity index (χ2v) is 4.97. The van der Waals surface area contributed by atoms with E-state index in [-0.39, 0.29) is 0 Å². The summed E-state index contributed by atoms with van der Waals surface area (Å²) in [7, 11) is 1.09. The molecule has 0 radical (unpaired) electrons. The molecule has 0 aromatic rings. The molecule has 0 aliphatic heterocycles. The van der Waals surface area contributed by atoms with Crippen molar-refractivity contribution in [2.75, 3.05) is 0 Å². The maximum atomic E-state index is 4.10. The third-order valence-electron chi connectivity index (χ3n) is 2.02. The predicted octanol–water partition coefficient (Wildman–Crippen LogP) is 3.51. The molecule has 0 aromatic heterocycles. The Balaban J connectivity index is 4.36. The summed E-state index contributed by atoms with van der Waals surface area (Å²) in [5.41, 5.74) is 4.02. The lowest BCUT2D eigenvalue weighted by Crippen LogP contribution is -2.11. The molecule has 1 heteroatoms. The number of hydrogen-bond donors (Lipinski definition) is 0. The average molecular weight is 164 g/mol. The zero-order valence-corrected chi connectivity index (χ0v) is 9.41. The van der Waals surface area contributed by atoms with Gasteiger partial charge in [-0.05, 0) is 20.8 Å². The van der Waals surface area contributed by atoms with E-state index in [1.54, 1.807) is 0 Å². The van der Waals surface area contributed by atoms with Crippen LogP contribution in [0.4, 0.5) is 0 Å². The van der Waals surface area contributed by atoms with Crippen LogP contribution in [-0.2, 0) is 0 Å². The van der Waals surface area contributed by atoms with Crippen molar-refractivity contribution in [3.8, 4) is 0 Å². The summed E-state index contributed by atoms with van der Waals surface area (Å²) in [5.74, 6) is 0. The summed E-state index contributed by atoms with van der Waals surface area (Å²) in [6.07, 6.45) is 0. The van der Waals surface area contributed by atoms with Crippen molar-refractivity contribution in [2.24, 2.45) is 0 Å². The fourth-order valence-electron chi connectivity index (χ4n) is 1.13. The van der Waals surface area contributed by atoms with Crippen LogP contribution < -0.4 is 0 Å². The van der Waals surface area contributed by atoms with Gasteiger partial charge in [0.15, 0.2) is 7.28 Å². The molecule has 0 aliphatic carbocycles. The Labute approximate surface area is 78.0 Å². The van der Waals surface area contributed by atoms with Crippen LogP contribution in [0.5, 0.6) is 0 Å². The van der Waals surface area contributed by atoms with Crippen molar-refractivity contribution in [3.05, 3.63) is 23.2 Å². The highest BCUT2D eigenvalue weighted by Gasteiger charge is 2.15. The number of allylic oxidation sites excluding steroid dienone is 3. The Morgan fingerprint density at radius 3 is 1.75 bits per heavy atom. The van der Waals surface area contributed by atoms with Crippen LogP contribution in [0.15, 0.2) is 23.2 Å². The summed E-state index contributed by atoms with van der Waals surface area (Å²) in [6.45, 7) is 17.3. The first-order valence-corrected chi connectivity index (χ1v) is 4.56. The van der Waals surface area contributed by atoms with E-state index in [0.29, 0.717) is 5.31 Å².